The van der Waals surface area contributed by atoms with Crippen LogP contribution in [0.2, 0.25) is 0 Å². The average molecular weight is 303 g/mol. The summed E-state index contributed by atoms with van der Waals surface area (Å²) >= 11 is 0. The third kappa shape index (κ3) is 4.00. The number of benzene rings is 1. The zero-order valence-corrected chi connectivity index (χ0v) is 13.8. The fraction of sp³-hybridized carbons (Fsp3) is 0.529. The van der Waals surface area contributed by atoms with E-state index in [0.29, 0.717) is 0 Å². The standard InChI is InChI=1S/C17H25N3O2/c1-12(15(21)18-16(22)19-17(2,3)4)20-11-7-9-13-8-5-6-10-14(13)20/h5-6,8,10,12H,7,9,11H2,1-4H3,(H2,18,19,21,22)/t12-/m0/s1. The molecule has 0 fully saturated rings. The van der Waals surface area contributed by atoms with E-state index >= 15 is 0 Å². The Labute approximate surface area is 132 Å². The van der Waals surface area contributed by atoms with Crippen molar-refractivity contribution in [2.45, 2.75) is 52.1 Å². The van der Waals surface area contributed by atoms with Crippen molar-refractivity contribution in [3.8, 4) is 0 Å². The lowest BCUT2D eigenvalue weighted by Crippen LogP contribution is -2.54. The van der Waals surface area contributed by atoms with Gasteiger partial charge in [-0.2, -0.15) is 0 Å². The number of fused-ring (bicyclic) bond motifs is 1. The molecule has 1 heterocycles. The van der Waals surface area contributed by atoms with Crippen LogP contribution in [0.1, 0.15) is 39.7 Å². The van der Waals surface area contributed by atoms with Gasteiger partial charge < -0.3 is 10.2 Å². The molecule has 0 saturated carbocycles. The number of rotatable bonds is 2. The number of imide groups is 1. The number of para-hydroxylation sites is 1. The summed E-state index contributed by atoms with van der Waals surface area (Å²) in [6.45, 7) is 8.29. The maximum atomic E-state index is 12.3. The third-order valence-corrected chi connectivity index (χ3v) is 3.72. The second-order valence-electron chi connectivity index (χ2n) is 6.80. The molecular weight excluding hydrogens is 278 g/mol. The maximum Gasteiger partial charge on any atom is 0.321 e. The number of urea groups is 1. The number of anilines is 1. The number of nitrogens with one attached hydrogen (secondary N) is 2. The van der Waals surface area contributed by atoms with Crippen LogP contribution in [0.15, 0.2) is 24.3 Å². The summed E-state index contributed by atoms with van der Waals surface area (Å²) in [5.74, 6) is -0.279. The van der Waals surface area contributed by atoms with E-state index in [0.717, 1.165) is 25.1 Å². The van der Waals surface area contributed by atoms with E-state index < -0.39 is 6.03 Å². The van der Waals surface area contributed by atoms with Crippen LogP contribution < -0.4 is 15.5 Å². The Bertz CT molecular complexity index is 563. The van der Waals surface area contributed by atoms with Crippen LogP contribution in [0.25, 0.3) is 0 Å². The predicted molar refractivity (Wildman–Crippen MR) is 88.0 cm³/mol. The third-order valence-electron chi connectivity index (χ3n) is 3.72. The first-order valence-corrected chi connectivity index (χ1v) is 7.75. The van der Waals surface area contributed by atoms with Gasteiger partial charge >= 0.3 is 6.03 Å². The zero-order valence-electron chi connectivity index (χ0n) is 13.8. The fourth-order valence-electron chi connectivity index (χ4n) is 2.69. The van der Waals surface area contributed by atoms with Gasteiger partial charge in [0.2, 0.25) is 5.91 Å². The first-order valence-electron chi connectivity index (χ1n) is 7.75. The van der Waals surface area contributed by atoms with Crippen molar-refractivity contribution >= 4 is 17.6 Å². The number of hydrogen-bond donors (Lipinski definition) is 2. The number of aryl methyl sites for hydroxylation is 1. The highest BCUT2D eigenvalue weighted by Gasteiger charge is 2.27. The van der Waals surface area contributed by atoms with Gasteiger partial charge in [0.1, 0.15) is 6.04 Å². The summed E-state index contributed by atoms with van der Waals surface area (Å²) < 4.78 is 0. The highest BCUT2D eigenvalue weighted by molar-refractivity contribution is 5.98. The zero-order chi connectivity index (χ0) is 16.3. The lowest BCUT2D eigenvalue weighted by atomic mass is 10.00. The number of carbonyl (C=O) groups is 2. The number of amides is 3. The van der Waals surface area contributed by atoms with E-state index in [2.05, 4.69) is 21.6 Å². The quantitative estimate of drug-likeness (QED) is 0.882. The van der Waals surface area contributed by atoms with Crippen LogP contribution in [0.4, 0.5) is 10.5 Å². The molecule has 0 bridgehead atoms. The summed E-state index contributed by atoms with van der Waals surface area (Å²) in [7, 11) is 0. The summed E-state index contributed by atoms with van der Waals surface area (Å²) in [5, 5.41) is 5.17. The van der Waals surface area contributed by atoms with Crippen LogP contribution >= 0.6 is 0 Å². The van der Waals surface area contributed by atoms with Gasteiger partial charge in [-0.05, 0) is 52.2 Å². The Hall–Kier alpha value is -2.04. The largest absolute Gasteiger partial charge is 0.360 e. The van der Waals surface area contributed by atoms with Crippen LogP contribution in [0.5, 0.6) is 0 Å². The Morgan fingerprint density at radius 3 is 2.59 bits per heavy atom. The molecule has 5 nitrogen and oxygen atoms in total. The highest BCUT2D eigenvalue weighted by Crippen LogP contribution is 2.28. The van der Waals surface area contributed by atoms with Gasteiger partial charge in [-0.1, -0.05) is 18.2 Å². The van der Waals surface area contributed by atoms with Gasteiger partial charge in [0.15, 0.2) is 0 Å². The van der Waals surface area contributed by atoms with Crippen molar-refractivity contribution in [3.05, 3.63) is 29.8 Å². The maximum absolute atomic E-state index is 12.3. The molecule has 1 atom stereocenters. The van der Waals surface area contributed by atoms with Gasteiger partial charge in [0, 0.05) is 17.8 Å². The molecule has 0 spiro atoms. The van der Waals surface area contributed by atoms with Gasteiger partial charge in [-0.25, -0.2) is 4.79 Å². The first-order chi connectivity index (χ1) is 10.3. The molecule has 0 radical (unpaired) electrons. The molecule has 1 aliphatic rings. The molecule has 22 heavy (non-hydrogen) atoms. The van der Waals surface area contributed by atoms with Crippen LogP contribution in [-0.4, -0.2) is 30.1 Å². The fourth-order valence-corrected chi connectivity index (χ4v) is 2.69. The minimum atomic E-state index is -0.449. The highest BCUT2D eigenvalue weighted by atomic mass is 16.2. The molecule has 0 saturated heterocycles. The van der Waals surface area contributed by atoms with Crippen molar-refractivity contribution in [2.75, 3.05) is 11.4 Å². The van der Waals surface area contributed by atoms with Crippen LogP contribution in [-0.2, 0) is 11.2 Å². The van der Waals surface area contributed by atoms with Crippen molar-refractivity contribution in [3.63, 3.8) is 0 Å². The van der Waals surface area contributed by atoms with Crippen molar-refractivity contribution in [1.82, 2.24) is 10.6 Å². The Morgan fingerprint density at radius 2 is 1.91 bits per heavy atom. The molecule has 5 heteroatoms. The molecule has 3 amide bonds. The van der Waals surface area contributed by atoms with Crippen molar-refractivity contribution < 1.29 is 9.59 Å². The van der Waals surface area contributed by atoms with Gasteiger partial charge in [0.05, 0.1) is 0 Å². The summed E-state index contributed by atoms with van der Waals surface area (Å²) in [4.78, 5) is 26.2. The molecule has 0 aliphatic carbocycles. The normalized spacial score (nSPS) is 15.7. The van der Waals surface area contributed by atoms with E-state index in [1.165, 1.54) is 5.56 Å². The number of carbonyl (C=O) groups excluding carboxylic acids is 2. The topological polar surface area (TPSA) is 61.4 Å². The molecule has 0 unspecified atom stereocenters. The van der Waals surface area contributed by atoms with Crippen LogP contribution in [0.3, 0.4) is 0 Å². The molecule has 1 aliphatic heterocycles. The summed E-state index contributed by atoms with van der Waals surface area (Å²) in [5.41, 5.74) is 1.98. The molecule has 120 valence electrons. The predicted octanol–water partition coefficient (Wildman–Crippen LogP) is 2.45. The van der Waals surface area contributed by atoms with E-state index in [-0.39, 0.29) is 17.5 Å². The van der Waals surface area contributed by atoms with Crippen LogP contribution in [0, 0.1) is 0 Å². The lowest BCUT2D eigenvalue weighted by molar-refractivity contribution is -0.121. The SMILES string of the molecule is C[C@@H](C(=O)NC(=O)NC(C)(C)C)N1CCCc2ccccc21. The van der Waals surface area contributed by atoms with E-state index in [9.17, 15) is 9.59 Å². The van der Waals surface area contributed by atoms with Gasteiger partial charge in [0.25, 0.3) is 0 Å². The molecule has 2 N–H and O–H groups in total. The second kappa shape index (κ2) is 6.38. The average Bonchev–Trinajstić information content (AvgIpc) is 2.43. The molecular formula is C17H25N3O2. The van der Waals surface area contributed by atoms with Gasteiger partial charge in [-0.15, -0.1) is 0 Å². The van der Waals surface area contributed by atoms with E-state index in [1.807, 2.05) is 45.9 Å². The van der Waals surface area contributed by atoms with Gasteiger partial charge in [-0.3, -0.25) is 10.1 Å². The Morgan fingerprint density at radius 1 is 1.23 bits per heavy atom. The smallest absolute Gasteiger partial charge is 0.321 e. The van der Waals surface area contributed by atoms with E-state index in [4.69, 9.17) is 0 Å². The first kappa shape index (κ1) is 16.3. The summed E-state index contributed by atoms with van der Waals surface area (Å²) in [6, 6.07) is 7.30. The van der Waals surface area contributed by atoms with E-state index in [1.54, 1.807) is 0 Å². The molecule has 0 aromatic heterocycles. The molecule has 1 aromatic rings. The lowest BCUT2D eigenvalue weighted by Gasteiger charge is -2.35. The van der Waals surface area contributed by atoms with Crippen molar-refractivity contribution in [2.24, 2.45) is 0 Å². The number of nitrogens with zero attached hydrogens (tertiary/aromatic N) is 1. The van der Waals surface area contributed by atoms with Crippen molar-refractivity contribution in [1.29, 1.82) is 0 Å². The minimum Gasteiger partial charge on any atom is -0.360 e. The Balaban J connectivity index is 2.04. The monoisotopic (exact) mass is 303 g/mol. The Kier molecular flexibility index (Phi) is 4.74. The minimum absolute atomic E-state index is 0.279. The molecule has 1 aromatic carbocycles. The molecule has 2 rings (SSSR count). The number of hydrogen-bond acceptors (Lipinski definition) is 3. The summed E-state index contributed by atoms with van der Waals surface area (Å²) in [6.07, 6.45) is 2.05. The second-order valence-corrected chi connectivity index (χ2v) is 6.80.